The van der Waals surface area contributed by atoms with Crippen LogP contribution in [0.2, 0.25) is 0 Å². The van der Waals surface area contributed by atoms with Crippen LogP contribution in [0.3, 0.4) is 0 Å². The van der Waals surface area contributed by atoms with Gasteiger partial charge in [0.15, 0.2) is 5.69 Å². The molecule has 1 fully saturated rings. The number of hydrogen-bond donors (Lipinski definition) is 0. The molecule has 0 bridgehead atoms. The first kappa shape index (κ1) is 14.4. The third-order valence-corrected chi connectivity index (χ3v) is 2.69. The van der Waals surface area contributed by atoms with Gasteiger partial charge in [0.25, 0.3) is 5.78 Å². The number of nitrogens with zero attached hydrogens (tertiary/aromatic N) is 4. The highest BCUT2D eigenvalue weighted by Crippen LogP contribution is 2.19. The summed E-state index contributed by atoms with van der Waals surface area (Å²) in [6, 6.07) is 0. The number of carbonyl (C=O) groups is 2. The Balaban J connectivity index is 1.99. The second-order valence-corrected chi connectivity index (χ2v) is 4.12. The Morgan fingerprint density at radius 1 is 1.30 bits per heavy atom. The molecule has 110 valence electrons. The SMILES string of the molecule is O=C(Cn1cc(C(=O)C(F)(F)F)nn1)N1CCOCC1. The molecule has 10 heteroatoms. The predicted octanol–water partition coefficient (Wildman–Crippen LogP) is -0.118. The van der Waals surface area contributed by atoms with Crippen molar-refractivity contribution in [2.45, 2.75) is 12.7 Å². The van der Waals surface area contributed by atoms with Crippen molar-refractivity contribution in [2.24, 2.45) is 0 Å². The zero-order valence-electron chi connectivity index (χ0n) is 10.3. The Bertz CT molecular complexity index is 508. The fourth-order valence-electron chi connectivity index (χ4n) is 1.68. The molecule has 1 saturated heterocycles. The minimum Gasteiger partial charge on any atom is -0.378 e. The first-order valence-corrected chi connectivity index (χ1v) is 5.75. The molecular weight excluding hydrogens is 281 g/mol. The number of ketones is 1. The molecule has 1 aliphatic rings. The Kier molecular flexibility index (Phi) is 4.02. The Morgan fingerprint density at radius 2 is 1.95 bits per heavy atom. The van der Waals surface area contributed by atoms with Crippen molar-refractivity contribution in [3.8, 4) is 0 Å². The smallest absolute Gasteiger partial charge is 0.378 e. The van der Waals surface area contributed by atoms with E-state index in [-0.39, 0.29) is 12.5 Å². The Hall–Kier alpha value is -1.97. The topological polar surface area (TPSA) is 77.3 Å². The van der Waals surface area contributed by atoms with Gasteiger partial charge in [-0.2, -0.15) is 13.2 Å². The van der Waals surface area contributed by atoms with Gasteiger partial charge in [-0.15, -0.1) is 5.10 Å². The van der Waals surface area contributed by atoms with E-state index < -0.39 is 17.7 Å². The highest BCUT2D eigenvalue weighted by molar-refractivity contribution is 5.98. The van der Waals surface area contributed by atoms with Gasteiger partial charge in [-0.1, -0.05) is 5.21 Å². The summed E-state index contributed by atoms with van der Waals surface area (Å²) in [4.78, 5) is 24.2. The van der Waals surface area contributed by atoms with Gasteiger partial charge in [0.2, 0.25) is 5.91 Å². The van der Waals surface area contributed by atoms with E-state index in [0.29, 0.717) is 26.3 Å². The lowest BCUT2D eigenvalue weighted by Crippen LogP contribution is -2.42. The summed E-state index contributed by atoms with van der Waals surface area (Å²) >= 11 is 0. The van der Waals surface area contributed by atoms with Crippen LogP contribution < -0.4 is 0 Å². The second kappa shape index (κ2) is 5.57. The van der Waals surface area contributed by atoms with Gasteiger partial charge >= 0.3 is 6.18 Å². The molecule has 0 radical (unpaired) electrons. The van der Waals surface area contributed by atoms with E-state index in [1.165, 1.54) is 4.90 Å². The molecule has 0 aromatic carbocycles. The molecule has 1 aromatic heterocycles. The van der Waals surface area contributed by atoms with Crippen LogP contribution >= 0.6 is 0 Å². The summed E-state index contributed by atoms with van der Waals surface area (Å²) in [7, 11) is 0. The van der Waals surface area contributed by atoms with E-state index in [0.717, 1.165) is 10.9 Å². The average Bonchev–Trinajstić information content (AvgIpc) is 2.86. The van der Waals surface area contributed by atoms with Gasteiger partial charge in [0, 0.05) is 13.1 Å². The summed E-state index contributed by atoms with van der Waals surface area (Å²) in [6.07, 6.45) is -4.19. The largest absolute Gasteiger partial charge is 0.456 e. The number of amides is 1. The van der Waals surface area contributed by atoms with Gasteiger partial charge in [-0.25, -0.2) is 4.68 Å². The van der Waals surface area contributed by atoms with E-state index >= 15 is 0 Å². The zero-order chi connectivity index (χ0) is 14.8. The van der Waals surface area contributed by atoms with Crippen LogP contribution in [-0.2, 0) is 16.1 Å². The van der Waals surface area contributed by atoms with Crippen molar-refractivity contribution >= 4 is 11.7 Å². The summed E-state index contributed by atoms with van der Waals surface area (Å²) in [5.41, 5.74) is -0.827. The van der Waals surface area contributed by atoms with Gasteiger partial charge in [0.05, 0.1) is 19.4 Å². The molecule has 1 aliphatic heterocycles. The molecule has 1 amide bonds. The van der Waals surface area contributed by atoms with Gasteiger partial charge in [0.1, 0.15) is 6.54 Å². The number of aromatic nitrogens is 3. The Morgan fingerprint density at radius 3 is 2.55 bits per heavy atom. The lowest BCUT2D eigenvalue weighted by Gasteiger charge is -2.26. The van der Waals surface area contributed by atoms with Crippen molar-refractivity contribution in [1.29, 1.82) is 0 Å². The van der Waals surface area contributed by atoms with Gasteiger partial charge in [-0.05, 0) is 0 Å². The zero-order valence-corrected chi connectivity index (χ0v) is 10.3. The molecule has 0 N–H and O–H groups in total. The van der Waals surface area contributed by atoms with Crippen LogP contribution in [0.1, 0.15) is 10.5 Å². The quantitative estimate of drug-likeness (QED) is 0.726. The monoisotopic (exact) mass is 292 g/mol. The van der Waals surface area contributed by atoms with Crippen LogP contribution in [0.5, 0.6) is 0 Å². The normalized spacial score (nSPS) is 16.2. The minimum absolute atomic E-state index is 0.266. The van der Waals surface area contributed by atoms with E-state index in [1.54, 1.807) is 0 Å². The summed E-state index contributed by atoms with van der Waals surface area (Å²) in [5, 5.41) is 6.48. The first-order chi connectivity index (χ1) is 9.38. The number of morpholine rings is 1. The summed E-state index contributed by atoms with van der Waals surface area (Å²) in [6.45, 7) is 1.41. The maximum atomic E-state index is 12.2. The molecular formula is C10H11F3N4O3. The molecule has 0 saturated carbocycles. The van der Waals surface area contributed by atoms with Crippen LogP contribution in [0.15, 0.2) is 6.20 Å². The van der Waals surface area contributed by atoms with Crippen molar-refractivity contribution in [3.63, 3.8) is 0 Å². The maximum absolute atomic E-state index is 12.2. The minimum atomic E-state index is -5.00. The van der Waals surface area contributed by atoms with E-state index in [1.807, 2.05) is 0 Å². The highest BCUT2D eigenvalue weighted by Gasteiger charge is 2.41. The van der Waals surface area contributed by atoms with Crippen LogP contribution in [-0.4, -0.2) is 64.1 Å². The van der Waals surface area contributed by atoms with Gasteiger partial charge in [-0.3, -0.25) is 9.59 Å². The number of carbonyl (C=O) groups excluding carboxylic acids is 2. The molecule has 2 rings (SSSR count). The predicted molar refractivity (Wildman–Crippen MR) is 57.8 cm³/mol. The van der Waals surface area contributed by atoms with Crippen molar-refractivity contribution in [3.05, 3.63) is 11.9 Å². The fourth-order valence-corrected chi connectivity index (χ4v) is 1.68. The van der Waals surface area contributed by atoms with E-state index in [9.17, 15) is 22.8 Å². The molecule has 0 unspecified atom stereocenters. The average molecular weight is 292 g/mol. The summed E-state index contributed by atoms with van der Waals surface area (Å²) in [5.74, 6) is -2.40. The number of halogens is 3. The van der Waals surface area contributed by atoms with Crippen molar-refractivity contribution in [2.75, 3.05) is 26.3 Å². The molecule has 1 aromatic rings. The number of ether oxygens (including phenoxy) is 1. The number of Topliss-reactive ketones (excluding diaryl/α,β-unsaturated/α-hetero) is 1. The lowest BCUT2D eigenvalue weighted by atomic mass is 10.3. The molecule has 0 aliphatic carbocycles. The molecule has 7 nitrogen and oxygen atoms in total. The van der Waals surface area contributed by atoms with Crippen molar-refractivity contribution in [1.82, 2.24) is 19.9 Å². The molecule has 20 heavy (non-hydrogen) atoms. The standard InChI is InChI=1S/C10H11F3N4O3/c11-10(12,13)9(19)7-5-17(15-14-7)6-8(18)16-1-3-20-4-2-16/h5H,1-4,6H2. The number of rotatable bonds is 3. The molecule has 2 heterocycles. The maximum Gasteiger partial charge on any atom is 0.456 e. The fraction of sp³-hybridized carbons (Fsp3) is 0.600. The first-order valence-electron chi connectivity index (χ1n) is 5.75. The number of alkyl halides is 3. The van der Waals surface area contributed by atoms with Crippen LogP contribution in [0.4, 0.5) is 13.2 Å². The molecule has 0 spiro atoms. The molecule has 0 atom stereocenters. The second-order valence-electron chi connectivity index (χ2n) is 4.12. The third-order valence-electron chi connectivity index (χ3n) is 2.69. The van der Waals surface area contributed by atoms with Gasteiger partial charge < -0.3 is 9.64 Å². The van der Waals surface area contributed by atoms with Crippen molar-refractivity contribution < 1.29 is 27.5 Å². The number of hydrogen-bond acceptors (Lipinski definition) is 5. The summed E-state index contributed by atoms with van der Waals surface area (Å²) < 4.78 is 42.5. The van der Waals surface area contributed by atoms with E-state index in [4.69, 9.17) is 4.74 Å². The third kappa shape index (κ3) is 3.32. The van der Waals surface area contributed by atoms with Crippen LogP contribution in [0.25, 0.3) is 0 Å². The van der Waals surface area contributed by atoms with E-state index in [2.05, 4.69) is 10.3 Å². The Labute approximate surface area is 111 Å². The highest BCUT2D eigenvalue weighted by atomic mass is 19.4. The van der Waals surface area contributed by atoms with Crippen LogP contribution in [0, 0.1) is 0 Å². The lowest BCUT2D eigenvalue weighted by molar-refractivity contribution is -0.136.